The molecule has 132 valence electrons. The third-order valence-electron chi connectivity index (χ3n) is 4.02. The molecule has 7 nitrogen and oxygen atoms in total. The summed E-state index contributed by atoms with van der Waals surface area (Å²) in [5.41, 5.74) is -0.198. The Kier molecular flexibility index (Phi) is 5.60. The molecule has 1 aliphatic heterocycles. The summed E-state index contributed by atoms with van der Waals surface area (Å²) >= 11 is 1.50. The Balaban J connectivity index is 1.51. The highest BCUT2D eigenvalue weighted by Gasteiger charge is 2.23. The molecule has 2 heterocycles. The number of H-pyrrole nitrogens is 1. The molecule has 2 aromatic rings. The number of thioether (sulfide) groups is 1. The van der Waals surface area contributed by atoms with Crippen LogP contribution >= 0.6 is 11.8 Å². The summed E-state index contributed by atoms with van der Waals surface area (Å²) in [6, 6.07) is 7.67. The van der Waals surface area contributed by atoms with Crippen molar-refractivity contribution in [2.24, 2.45) is 0 Å². The molecule has 1 aromatic heterocycles. The van der Waals surface area contributed by atoms with E-state index in [0.717, 1.165) is 10.6 Å². The van der Waals surface area contributed by atoms with Crippen LogP contribution in [0.5, 0.6) is 5.75 Å². The summed E-state index contributed by atoms with van der Waals surface area (Å²) in [4.78, 5) is 35.7. The van der Waals surface area contributed by atoms with Crippen LogP contribution < -0.4 is 15.2 Å². The van der Waals surface area contributed by atoms with Gasteiger partial charge in [0.05, 0.1) is 12.9 Å². The number of anilines is 1. The molecule has 25 heavy (non-hydrogen) atoms. The molecule has 1 aliphatic rings. The molecule has 0 radical (unpaired) electrons. The predicted molar refractivity (Wildman–Crippen MR) is 97.4 cm³/mol. The normalized spacial score (nSPS) is 14.4. The van der Waals surface area contributed by atoms with Crippen LogP contribution in [0.4, 0.5) is 5.82 Å². The average molecular weight is 360 g/mol. The van der Waals surface area contributed by atoms with Gasteiger partial charge in [0, 0.05) is 43.5 Å². The van der Waals surface area contributed by atoms with Gasteiger partial charge < -0.3 is 19.5 Å². The SMILES string of the molecule is COc1cccc(SCC(=O)N2CCN(c3ncc[nH]c3=O)CC2)c1. The van der Waals surface area contributed by atoms with Crippen LogP contribution in [-0.4, -0.2) is 59.8 Å². The van der Waals surface area contributed by atoms with Crippen molar-refractivity contribution in [2.45, 2.75) is 4.90 Å². The Morgan fingerprint density at radius 3 is 2.84 bits per heavy atom. The van der Waals surface area contributed by atoms with Crippen molar-refractivity contribution < 1.29 is 9.53 Å². The minimum absolute atomic E-state index is 0.0994. The highest BCUT2D eigenvalue weighted by atomic mass is 32.2. The van der Waals surface area contributed by atoms with E-state index in [9.17, 15) is 9.59 Å². The fraction of sp³-hybridized carbons (Fsp3) is 0.353. The number of nitrogens with one attached hydrogen (secondary N) is 1. The van der Waals surface area contributed by atoms with Crippen LogP contribution in [-0.2, 0) is 4.79 Å². The van der Waals surface area contributed by atoms with Crippen molar-refractivity contribution in [1.82, 2.24) is 14.9 Å². The van der Waals surface area contributed by atoms with Gasteiger partial charge in [-0.05, 0) is 18.2 Å². The zero-order valence-electron chi connectivity index (χ0n) is 14.0. The monoisotopic (exact) mass is 360 g/mol. The topological polar surface area (TPSA) is 78.5 Å². The van der Waals surface area contributed by atoms with Gasteiger partial charge in [-0.15, -0.1) is 11.8 Å². The van der Waals surface area contributed by atoms with Crippen molar-refractivity contribution >= 4 is 23.5 Å². The lowest BCUT2D eigenvalue weighted by Gasteiger charge is -2.34. The molecule has 1 amide bonds. The molecule has 1 fully saturated rings. The van der Waals surface area contributed by atoms with E-state index < -0.39 is 0 Å². The van der Waals surface area contributed by atoms with E-state index in [-0.39, 0.29) is 11.5 Å². The zero-order chi connectivity index (χ0) is 17.6. The molecular formula is C17H20N4O3S. The maximum Gasteiger partial charge on any atom is 0.290 e. The van der Waals surface area contributed by atoms with Crippen LogP contribution in [0.15, 0.2) is 46.3 Å². The minimum Gasteiger partial charge on any atom is -0.497 e. The van der Waals surface area contributed by atoms with E-state index in [1.54, 1.807) is 13.3 Å². The first-order chi connectivity index (χ1) is 12.2. The summed E-state index contributed by atoms with van der Waals surface area (Å²) in [5.74, 6) is 1.69. The number of hydrogen-bond donors (Lipinski definition) is 1. The van der Waals surface area contributed by atoms with Gasteiger partial charge in [-0.2, -0.15) is 0 Å². The molecule has 0 aliphatic carbocycles. The van der Waals surface area contributed by atoms with Crippen LogP contribution in [0.2, 0.25) is 0 Å². The van der Waals surface area contributed by atoms with Crippen LogP contribution in [0, 0.1) is 0 Å². The lowest BCUT2D eigenvalue weighted by Crippen LogP contribution is -2.50. The summed E-state index contributed by atoms with van der Waals surface area (Å²) in [5, 5.41) is 0. The molecule has 0 spiro atoms. The molecule has 0 saturated carbocycles. The van der Waals surface area contributed by atoms with E-state index in [4.69, 9.17) is 4.74 Å². The first-order valence-corrected chi connectivity index (χ1v) is 8.99. The van der Waals surface area contributed by atoms with E-state index >= 15 is 0 Å². The van der Waals surface area contributed by atoms with Gasteiger partial charge in [-0.1, -0.05) is 6.07 Å². The molecule has 1 N–H and O–H groups in total. The van der Waals surface area contributed by atoms with E-state index in [1.165, 1.54) is 18.0 Å². The van der Waals surface area contributed by atoms with Gasteiger partial charge in [-0.3, -0.25) is 9.59 Å². The fourth-order valence-corrected chi connectivity index (χ4v) is 3.51. The van der Waals surface area contributed by atoms with Gasteiger partial charge in [0.15, 0.2) is 5.82 Å². The van der Waals surface area contributed by atoms with Gasteiger partial charge >= 0.3 is 0 Å². The number of aromatic amines is 1. The van der Waals surface area contributed by atoms with Gasteiger partial charge in [-0.25, -0.2) is 4.98 Å². The third kappa shape index (κ3) is 4.33. The highest BCUT2D eigenvalue weighted by molar-refractivity contribution is 8.00. The van der Waals surface area contributed by atoms with E-state index in [1.807, 2.05) is 34.1 Å². The number of ether oxygens (including phenoxy) is 1. The number of rotatable bonds is 5. The van der Waals surface area contributed by atoms with Gasteiger partial charge in [0.2, 0.25) is 5.91 Å². The van der Waals surface area contributed by atoms with Gasteiger partial charge in [0.1, 0.15) is 5.75 Å². The highest BCUT2D eigenvalue weighted by Crippen LogP contribution is 2.23. The number of methoxy groups -OCH3 is 1. The van der Waals surface area contributed by atoms with Crippen molar-refractivity contribution in [3.05, 3.63) is 47.0 Å². The molecule has 1 aromatic carbocycles. The molecule has 1 saturated heterocycles. The molecular weight excluding hydrogens is 340 g/mol. The maximum absolute atomic E-state index is 12.4. The second-order valence-electron chi connectivity index (χ2n) is 5.58. The number of benzene rings is 1. The number of hydrogen-bond acceptors (Lipinski definition) is 6. The predicted octanol–water partition coefficient (Wildman–Crippen LogP) is 1.22. The van der Waals surface area contributed by atoms with Gasteiger partial charge in [0.25, 0.3) is 5.56 Å². The first kappa shape index (κ1) is 17.3. The third-order valence-corrected chi connectivity index (χ3v) is 5.00. The van der Waals surface area contributed by atoms with Crippen LogP contribution in [0.3, 0.4) is 0 Å². The van der Waals surface area contributed by atoms with Crippen molar-refractivity contribution in [3.63, 3.8) is 0 Å². The number of amides is 1. The molecule has 8 heteroatoms. The Morgan fingerprint density at radius 2 is 2.12 bits per heavy atom. The molecule has 0 atom stereocenters. The van der Waals surface area contributed by atoms with Crippen LogP contribution in [0.25, 0.3) is 0 Å². The smallest absolute Gasteiger partial charge is 0.290 e. The summed E-state index contributed by atoms with van der Waals surface area (Å²) in [7, 11) is 1.63. The average Bonchev–Trinajstić information content (AvgIpc) is 2.67. The van der Waals surface area contributed by atoms with Crippen LogP contribution in [0.1, 0.15) is 0 Å². The fourth-order valence-electron chi connectivity index (χ4n) is 2.66. The van der Waals surface area contributed by atoms with E-state index in [2.05, 4.69) is 9.97 Å². The summed E-state index contributed by atoms with van der Waals surface area (Å²) < 4.78 is 5.19. The Labute approximate surface area is 150 Å². The molecule has 3 rings (SSSR count). The van der Waals surface area contributed by atoms with E-state index in [0.29, 0.717) is 37.7 Å². The number of piperazine rings is 1. The standard InChI is InChI=1S/C17H20N4O3S/c1-24-13-3-2-4-14(11-13)25-12-15(22)20-7-9-21(10-8-20)16-17(23)19-6-5-18-16/h2-6,11H,7-10,12H2,1H3,(H,19,23). The van der Waals surface area contributed by atoms with Crippen molar-refractivity contribution in [1.29, 1.82) is 0 Å². The Hall–Kier alpha value is -2.48. The summed E-state index contributed by atoms with van der Waals surface area (Å²) in [6.07, 6.45) is 3.08. The largest absolute Gasteiger partial charge is 0.497 e. The zero-order valence-corrected chi connectivity index (χ0v) is 14.8. The number of nitrogens with zero attached hydrogens (tertiary/aromatic N) is 3. The Bertz CT molecular complexity index is 787. The minimum atomic E-state index is -0.198. The quantitative estimate of drug-likeness (QED) is 0.808. The van der Waals surface area contributed by atoms with Crippen molar-refractivity contribution in [2.75, 3.05) is 43.9 Å². The van der Waals surface area contributed by atoms with Crippen molar-refractivity contribution in [3.8, 4) is 5.75 Å². The maximum atomic E-state index is 12.4. The molecule has 0 unspecified atom stereocenters. The lowest BCUT2D eigenvalue weighted by atomic mass is 10.3. The number of carbonyl (C=O) groups is 1. The molecule has 0 bridgehead atoms. The lowest BCUT2D eigenvalue weighted by molar-refractivity contribution is -0.128. The second kappa shape index (κ2) is 8.06. The summed E-state index contributed by atoms with van der Waals surface area (Å²) in [6.45, 7) is 2.40. The Morgan fingerprint density at radius 1 is 1.32 bits per heavy atom. The number of carbonyl (C=O) groups excluding carboxylic acids is 1. The second-order valence-corrected chi connectivity index (χ2v) is 6.63. The number of aromatic nitrogens is 2. The first-order valence-electron chi connectivity index (χ1n) is 8.00.